The molecular formula is C26H24N4O2. The zero-order valence-corrected chi connectivity index (χ0v) is 17.6. The van der Waals surface area contributed by atoms with Crippen LogP contribution in [0, 0.1) is 0 Å². The predicted molar refractivity (Wildman–Crippen MR) is 125 cm³/mol. The minimum Gasteiger partial charge on any atom is -0.507 e. The number of phenols is 2. The number of fused-ring (bicyclic) bond motifs is 4. The van der Waals surface area contributed by atoms with Crippen molar-refractivity contribution >= 4 is 27.2 Å². The maximum atomic E-state index is 11.1. The van der Waals surface area contributed by atoms with Crippen LogP contribution in [0.4, 0.5) is 5.69 Å². The van der Waals surface area contributed by atoms with Gasteiger partial charge in [-0.1, -0.05) is 42.5 Å². The molecule has 1 saturated heterocycles. The minimum absolute atomic E-state index is 0.0718. The van der Waals surface area contributed by atoms with Gasteiger partial charge in [-0.25, -0.2) is 0 Å². The van der Waals surface area contributed by atoms with Crippen LogP contribution >= 0.6 is 0 Å². The van der Waals surface area contributed by atoms with E-state index >= 15 is 0 Å². The van der Waals surface area contributed by atoms with E-state index in [1.165, 1.54) is 5.56 Å². The van der Waals surface area contributed by atoms with Crippen LogP contribution in [-0.2, 0) is 6.54 Å². The lowest BCUT2D eigenvalue weighted by Crippen LogP contribution is -2.41. The Morgan fingerprint density at radius 2 is 1.53 bits per heavy atom. The number of phenolic OH excluding ortho intramolecular Hbond substituents is 2. The zero-order valence-electron chi connectivity index (χ0n) is 17.6. The maximum Gasteiger partial charge on any atom is 0.154 e. The quantitative estimate of drug-likeness (QED) is 0.262. The van der Waals surface area contributed by atoms with E-state index in [2.05, 4.69) is 29.2 Å². The smallest absolute Gasteiger partial charge is 0.154 e. The number of nitrogens with two attached hydrogens (primary N) is 1. The third-order valence-electron chi connectivity index (χ3n) is 6.79. The molecule has 32 heavy (non-hydrogen) atoms. The van der Waals surface area contributed by atoms with E-state index in [9.17, 15) is 10.2 Å². The highest BCUT2D eigenvalue weighted by Gasteiger charge is 2.36. The molecule has 0 aliphatic carbocycles. The van der Waals surface area contributed by atoms with Gasteiger partial charge in [0.2, 0.25) is 0 Å². The summed E-state index contributed by atoms with van der Waals surface area (Å²) in [6.07, 6.45) is 1.65. The van der Waals surface area contributed by atoms with Gasteiger partial charge in [-0.05, 0) is 23.8 Å². The maximum absolute atomic E-state index is 11.1. The molecule has 0 aromatic heterocycles. The topological polar surface area (TPSA) is 94.4 Å². The van der Waals surface area contributed by atoms with E-state index in [0.717, 1.165) is 37.8 Å². The van der Waals surface area contributed by atoms with Crippen LogP contribution in [0.3, 0.4) is 0 Å². The average molecular weight is 425 g/mol. The summed E-state index contributed by atoms with van der Waals surface area (Å²) in [7, 11) is 0. The number of likely N-dealkylation sites (tertiary alicyclic amines) is 1. The lowest BCUT2D eigenvalue weighted by Gasteiger charge is -2.35. The molecule has 2 aliphatic rings. The fraction of sp³-hybridized carbons (Fsp3) is 0.231. The Labute approximate surface area is 185 Å². The molecule has 0 amide bonds. The molecule has 4 aromatic carbocycles. The summed E-state index contributed by atoms with van der Waals surface area (Å²) in [5.41, 5.74) is 7.33. The van der Waals surface area contributed by atoms with Crippen molar-refractivity contribution < 1.29 is 10.2 Å². The zero-order chi connectivity index (χ0) is 21.9. The standard InChI is InChI=1S/C26H24N4O2/c27-19-8-4-7-17-21(19)24(31)18-9-10-20-23(22(18)25(17)32)29-26(28-20)11-13-30(14-12-26)15-16-5-2-1-3-6-16/h1-10,31-32H,11-15,27H2. The summed E-state index contributed by atoms with van der Waals surface area (Å²) < 4.78 is 0. The van der Waals surface area contributed by atoms with Gasteiger partial charge in [0.25, 0.3) is 0 Å². The van der Waals surface area contributed by atoms with Gasteiger partial charge < -0.3 is 15.9 Å². The number of benzene rings is 4. The molecule has 1 spiro atoms. The first-order valence-electron chi connectivity index (χ1n) is 11.0. The van der Waals surface area contributed by atoms with Gasteiger partial charge >= 0.3 is 0 Å². The van der Waals surface area contributed by atoms with Gasteiger partial charge in [0.1, 0.15) is 11.5 Å². The molecule has 0 unspecified atom stereocenters. The van der Waals surface area contributed by atoms with Crippen molar-refractivity contribution in [2.75, 3.05) is 18.8 Å². The Bertz CT molecular complexity index is 1490. The van der Waals surface area contributed by atoms with Crippen molar-refractivity contribution in [3.8, 4) is 11.5 Å². The normalized spacial score (nSPS) is 17.4. The molecule has 6 nitrogen and oxygen atoms in total. The van der Waals surface area contributed by atoms with Crippen molar-refractivity contribution in [2.45, 2.75) is 25.0 Å². The van der Waals surface area contributed by atoms with Crippen molar-refractivity contribution in [1.29, 1.82) is 0 Å². The molecule has 2 aliphatic heterocycles. The number of nitrogen functional groups attached to an aromatic ring is 1. The van der Waals surface area contributed by atoms with Crippen molar-refractivity contribution in [3.63, 3.8) is 0 Å². The van der Waals surface area contributed by atoms with Gasteiger partial charge in [0.05, 0.1) is 21.5 Å². The number of rotatable bonds is 2. The van der Waals surface area contributed by atoms with Crippen LogP contribution in [-0.4, -0.2) is 33.9 Å². The Hall–Kier alpha value is -3.64. The van der Waals surface area contributed by atoms with Crippen molar-refractivity contribution in [3.05, 3.63) is 76.9 Å². The summed E-state index contributed by atoms with van der Waals surface area (Å²) >= 11 is 0. The number of aromatic hydroxyl groups is 2. The highest BCUT2D eigenvalue weighted by molar-refractivity contribution is 6.14. The number of hydrogen-bond donors (Lipinski definition) is 3. The van der Waals surface area contributed by atoms with E-state index in [-0.39, 0.29) is 11.5 Å². The van der Waals surface area contributed by atoms with E-state index in [0.29, 0.717) is 32.6 Å². The Balaban J connectivity index is 1.42. The van der Waals surface area contributed by atoms with Crippen LogP contribution in [0.1, 0.15) is 18.4 Å². The van der Waals surface area contributed by atoms with Crippen LogP contribution in [0.2, 0.25) is 0 Å². The highest BCUT2D eigenvalue weighted by atomic mass is 16.3. The summed E-state index contributed by atoms with van der Waals surface area (Å²) in [6.45, 7) is 2.74. The first-order valence-corrected chi connectivity index (χ1v) is 11.0. The fourth-order valence-corrected chi connectivity index (χ4v) is 5.11. The van der Waals surface area contributed by atoms with Crippen molar-refractivity contribution in [1.82, 2.24) is 4.90 Å². The van der Waals surface area contributed by atoms with Crippen molar-refractivity contribution in [2.24, 2.45) is 9.98 Å². The SMILES string of the molecule is Nc1cccc2c(O)c3c4c(ccc3c(O)c12)=NC1(CCN(Cc2ccccc2)CC1)N=4. The second kappa shape index (κ2) is 6.93. The second-order valence-electron chi connectivity index (χ2n) is 8.79. The third kappa shape index (κ3) is 2.83. The number of nitrogens with zero attached hydrogens (tertiary/aromatic N) is 3. The van der Waals surface area contributed by atoms with Gasteiger partial charge in [-0.2, -0.15) is 0 Å². The second-order valence-corrected chi connectivity index (χ2v) is 8.79. The highest BCUT2D eigenvalue weighted by Crippen LogP contribution is 2.42. The lowest BCUT2D eigenvalue weighted by atomic mass is 9.97. The number of hydrogen-bond acceptors (Lipinski definition) is 6. The first-order chi connectivity index (χ1) is 15.5. The van der Waals surface area contributed by atoms with Gasteiger partial charge in [-0.15, -0.1) is 0 Å². The lowest BCUT2D eigenvalue weighted by molar-refractivity contribution is 0.160. The molecule has 0 bridgehead atoms. The van der Waals surface area contributed by atoms with Crippen LogP contribution < -0.4 is 16.4 Å². The first kappa shape index (κ1) is 19.1. The van der Waals surface area contributed by atoms with Gasteiger partial charge in [0, 0.05) is 48.9 Å². The number of anilines is 1. The fourth-order valence-electron chi connectivity index (χ4n) is 5.11. The minimum atomic E-state index is -0.503. The van der Waals surface area contributed by atoms with Crippen LogP contribution in [0.5, 0.6) is 11.5 Å². The molecule has 4 N–H and O–H groups in total. The molecule has 2 heterocycles. The summed E-state index contributed by atoms with van der Waals surface area (Å²) in [5.74, 6) is 0.164. The summed E-state index contributed by atoms with van der Waals surface area (Å²) in [5, 5.41) is 25.6. The molecular weight excluding hydrogens is 400 g/mol. The monoisotopic (exact) mass is 424 g/mol. The molecule has 1 fully saturated rings. The molecule has 160 valence electrons. The van der Waals surface area contributed by atoms with Crippen LogP contribution in [0.25, 0.3) is 21.5 Å². The van der Waals surface area contributed by atoms with Gasteiger partial charge in [0.15, 0.2) is 5.66 Å². The number of piperidine rings is 1. The molecule has 6 heteroatoms. The molecule has 0 saturated carbocycles. The summed E-state index contributed by atoms with van der Waals surface area (Å²) in [6, 6.07) is 19.4. The Morgan fingerprint density at radius 3 is 2.31 bits per heavy atom. The Morgan fingerprint density at radius 1 is 0.812 bits per heavy atom. The molecule has 4 aromatic rings. The predicted octanol–water partition coefficient (Wildman–Crippen LogP) is 3.23. The van der Waals surface area contributed by atoms with E-state index in [1.807, 2.05) is 12.1 Å². The molecule has 0 atom stereocenters. The van der Waals surface area contributed by atoms with E-state index in [4.69, 9.17) is 15.7 Å². The van der Waals surface area contributed by atoms with Crippen LogP contribution in [0.15, 0.2) is 70.6 Å². The summed E-state index contributed by atoms with van der Waals surface area (Å²) in [4.78, 5) is 12.5. The van der Waals surface area contributed by atoms with Gasteiger partial charge in [-0.3, -0.25) is 14.9 Å². The average Bonchev–Trinajstić information content (AvgIpc) is 3.17. The molecule has 6 rings (SSSR count). The largest absolute Gasteiger partial charge is 0.507 e. The molecule has 0 radical (unpaired) electrons. The van der Waals surface area contributed by atoms with E-state index < -0.39 is 5.66 Å². The Kier molecular flexibility index (Phi) is 4.13. The third-order valence-corrected chi connectivity index (χ3v) is 6.79. The van der Waals surface area contributed by atoms with E-state index in [1.54, 1.807) is 24.3 Å².